The average Bonchev–Trinajstić information content (AvgIpc) is 2.82. The number of carbonyl (C=O) groups is 2. The van der Waals surface area contributed by atoms with Gasteiger partial charge in [0.2, 0.25) is 0 Å². The molecule has 1 atom stereocenters. The van der Waals surface area contributed by atoms with Gasteiger partial charge >= 0.3 is 0 Å². The molecule has 0 radical (unpaired) electrons. The van der Waals surface area contributed by atoms with Gasteiger partial charge in [0.25, 0.3) is 5.91 Å². The predicted molar refractivity (Wildman–Crippen MR) is 77.7 cm³/mol. The molecule has 4 nitrogen and oxygen atoms in total. The Labute approximate surface area is 118 Å². The Balaban J connectivity index is 2.14. The molecule has 0 bridgehead atoms. The van der Waals surface area contributed by atoms with Gasteiger partial charge in [0.15, 0.2) is 5.78 Å². The smallest absolute Gasteiger partial charge is 0.268 e. The van der Waals surface area contributed by atoms with Crippen molar-refractivity contribution >= 4 is 11.7 Å². The van der Waals surface area contributed by atoms with Gasteiger partial charge in [0, 0.05) is 18.8 Å². The highest BCUT2D eigenvalue weighted by atomic mass is 16.2. The van der Waals surface area contributed by atoms with Crippen molar-refractivity contribution in [1.82, 2.24) is 9.88 Å². The average molecular weight is 270 g/mol. The maximum Gasteiger partial charge on any atom is 0.268 e. The number of amides is 1. The van der Waals surface area contributed by atoms with Gasteiger partial charge in [-0.15, -0.1) is 0 Å². The summed E-state index contributed by atoms with van der Waals surface area (Å²) in [5.74, 6) is -0.230. The predicted octanol–water partition coefficient (Wildman–Crippen LogP) is 2.72. The summed E-state index contributed by atoms with van der Waals surface area (Å²) < 4.78 is 1.67. The summed E-state index contributed by atoms with van der Waals surface area (Å²) in [5.41, 5.74) is 2.07. The lowest BCUT2D eigenvalue weighted by Gasteiger charge is -2.14. The molecule has 0 aliphatic carbocycles. The van der Waals surface area contributed by atoms with E-state index in [1.807, 2.05) is 37.3 Å². The van der Waals surface area contributed by atoms with E-state index in [9.17, 15) is 9.59 Å². The molecule has 0 spiro atoms. The van der Waals surface area contributed by atoms with Gasteiger partial charge in [-0.3, -0.25) is 9.59 Å². The number of hydrogen-bond donors (Lipinski definition) is 1. The Morgan fingerprint density at radius 1 is 1.20 bits per heavy atom. The van der Waals surface area contributed by atoms with Gasteiger partial charge in [-0.1, -0.05) is 30.3 Å². The van der Waals surface area contributed by atoms with Crippen LogP contribution in [0.1, 0.15) is 46.3 Å². The van der Waals surface area contributed by atoms with Crippen molar-refractivity contribution in [2.45, 2.75) is 19.9 Å². The van der Waals surface area contributed by atoms with Crippen LogP contribution in [0.15, 0.2) is 42.6 Å². The van der Waals surface area contributed by atoms with Crippen LogP contribution in [0, 0.1) is 0 Å². The van der Waals surface area contributed by atoms with E-state index in [-0.39, 0.29) is 17.7 Å². The molecule has 1 amide bonds. The maximum absolute atomic E-state index is 12.2. The summed E-state index contributed by atoms with van der Waals surface area (Å²) in [7, 11) is 1.76. The first kappa shape index (κ1) is 14.1. The number of aryl methyl sites for hydroxylation is 1. The largest absolute Gasteiger partial charge is 0.346 e. The fraction of sp³-hybridized carbons (Fsp3) is 0.250. The second-order valence-corrected chi connectivity index (χ2v) is 4.89. The highest BCUT2D eigenvalue weighted by Gasteiger charge is 2.16. The standard InChI is InChI=1S/C16H18N2O2/c1-11(13-7-5-4-6-8-13)17-16(20)15-9-14(12(2)19)10-18(15)3/h4-11H,1-3H3,(H,17,20)/t11-/m0/s1. The molecule has 1 aromatic carbocycles. The zero-order chi connectivity index (χ0) is 14.7. The lowest BCUT2D eigenvalue weighted by molar-refractivity contribution is 0.0931. The Hall–Kier alpha value is -2.36. The third kappa shape index (κ3) is 2.96. The van der Waals surface area contributed by atoms with Crippen molar-refractivity contribution in [1.29, 1.82) is 0 Å². The van der Waals surface area contributed by atoms with Crippen LogP contribution in [0.2, 0.25) is 0 Å². The van der Waals surface area contributed by atoms with Gasteiger partial charge in [0.1, 0.15) is 5.69 Å². The molecule has 0 saturated carbocycles. The van der Waals surface area contributed by atoms with Crippen molar-refractivity contribution in [3.05, 3.63) is 59.4 Å². The van der Waals surface area contributed by atoms with E-state index >= 15 is 0 Å². The van der Waals surface area contributed by atoms with E-state index in [0.717, 1.165) is 5.56 Å². The zero-order valence-corrected chi connectivity index (χ0v) is 11.9. The zero-order valence-electron chi connectivity index (χ0n) is 11.9. The van der Waals surface area contributed by atoms with E-state index < -0.39 is 0 Å². The van der Waals surface area contributed by atoms with Gasteiger partial charge in [0.05, 0.1) is 6.04 Å². The number of nitrogens with zero attached hydrogens (tertiary/aromatic N) is 1. The van der Waals surface area contributed by atoms with Crippen LogP contribution in [-0.2, 0) is 7.05 Å². The molecule has 20 heavy (non-hydrogen) atoms. The van der Waals surface area contributed by atoms with Crippen LogP contribution in [0.25, 0.3) is 0 Å². The number of rotatable bonds is 4. The SMILES string of the molecule is CC(=O)c1cc(C(=O)N[C@@H](C)c2ccccc2)n(C)c1. The van der Waals surface area contributed by atoms with Crippen LogP contribution in [0.4, 0.5) is 0 Å². The summed E-state index contributed by atoms with van der Waals surface area (Å²) in [6.45, 7) is 3.42. The molecule has 1 aromatic heterocycles. The lowest BCUT2D eigenvalue weighted by Crippen LogP contribution is -2.28. The van der Waals surface area contributed by atoms with E-state index in [1.54, 1.807) is 23.9 Å². The molecule has 1 N–H and O–H groups in total. The number of nitrogens with one attached hydrogen (secondary N) is 1. The number of carbonyl (C=O) groups excluding carboxylic acids is 2. The third-order valence-electron chi connectivity index (χ3n) is 3.29. The first-order valence-corrected chi connectivity index (χ1v) is 6.52. The number of ketones is 1. The minimum absolute atomic E-state index is 0.0456. The van der Waals surface area contributed by atoms with E-state index in [4.69, 9.17) is 0 Å². The number of hydrogen-bond acceptors (Lipinski definition) is 2. The molecule has 0 fully saturated rings. The topological polar surface area (TPSA) is 51.1 Å². The summed E-state index contributed by atoms with van der Waals surface area (Å²) in [6, 6.07) is 11.3. The highest BCUT2D eigenvalue weighted by molar-refractivity contribution is 5.99. The van der Waals surface area contributed by atoms with Crippen molar-refractivity contribution in [3.63, 3.8) is 0 Å². The summed E-state index contributed by atoms with van der Waals surface area (Å²) >= 11 is 0. The molecule has 2 rings (SSSR count). The third-order valence-corrected chi connectivity index (χ3v) is 3.29. The van der Waals surface area contributed by atoms with Gasteiger partial charge in [-0.05, 0) is 25.5 Å². The lowest BCUT2D eigenvalue weighted by atomic mass is 10.1. The van der Waals surface area contributed by atoms with Crippen molar-refractivity contribution in [2.24, 2.45) is 7.05 Å². The normalized spacial score (nSPS) is 11.9. The molecule has 0 unspecified atom stereocenters. The number of aromatic nitrogens is 1. The van der Waals surface area contributed by atoms with Crippen LogP contribution in [0.5, 0.6) is 0 Å². The second kappa shape index (κ2) is 5.74. The molecule has 0 aliphatic heterocycles. The van der Waals surface area contributed by atoms with Crippen molar-refractivity contribution in [3.8, 4) is 0 Å². The molecule has 104 valence electrons. The Kier molecular flexibility index (Phi) is 4.03. The van der Waals surface area contributed by atoms with Crippen molar-refractivity contribution < 1.29 is 9.59 Å². The fourth-order valence-electron chi connectivity index (χ4n) is 2.08. The molecule has 4 heteroatoms. The first-order chi connectivity index (χ1) is 9.49. The van der Waals surface area contributed by atoms with E-state index in [0.29, 0.717) is 11.3 Å². The minimum Gasteiger partial charge on any atom is -0.346 e. The van der Waals surface area contributed by atoms with Crippen molar-refractivity contribution in [2.75, 3.05) is 0 Å². The quantitative estimate of drug-likeness (QED) is 0.868. The number of benzene rings is 1. The Morgan fingerprint density at radius 2 is 1.85 bits per heavy atom. The monoisotopic (exact) mass is 270 g/mol. The van der Waals surface area contributed by atoms with Crippen LogP contribution in [0.3, 0.4) is 0 Å². The van der Waals surface area contributed by atoms with Gasteiger partial charge in [-0.25, -0.2) is 0 Å². The summed E-state index contributed by atoms with van der Waals surface area (Å²) in [5, 5.41) is 2.93. The van der Waals surface area contributed by atoms with E-state index in [2.05, 4.69) is 5.32 Å². The van der Waals surface area contributed by atoms with Gasteiger partial charge < -0.3 is 9.88 Å². The van der Waals surface area contributed by atoms with Gasteiger partial charge in [-0.2, -0.15) is 0 Å². The molecule has 1 heterocycles. The number of Topliss-reactive ketones (excluding diaryl/α,β-unsaturated/α-hetero) is 1. The minimum atomic E-state index is -0.184. The first-order valence-electron chi connectivity index (χ1n) is 6.52. The summed E-state index contributed by atoms with van der Waals surface area (Å²) in [6.07, 6.45) is 1.67. The van der Waals surface area contributed by atoms with E-state index in [1.165, 1.54) is 6.92 Å². The molecule has 2 aromatic rings. The van der Waals surface area contributed by atoms with Crippen LogP contribution in [-0.4, -0.2) is 16.3 Å². The van der Waals surface area contributed by atoms with Crippen LogP contribution >= 0.6 is 0 Å². The fourth-order valence-corrected chi connectivity index (χ4v) is 2.08. The summed E-state index contributed by atoms with van der Waals surface area (Å²) in [4.78, 5) is 23.6. The molecular weight excluding hydrogens is 252 g/mol. The molecular formula is C16H18N2O2. The Bertz CT molecular complexity index is 629. The molecule has 0 saturated heterocycles. The maximum atomic E-state index is 12.2. The molecule has 0 aliphatic rings. The highest BCUT2D eigenvalue weighted by Crippen LogP contribution is 2.14. The second-order valence-electron chi connectivity index (χ2n) is 4.89. The van der Waals surface area contributed by atoms with Crippen LogP contribution < -0.4 is 5.32 Å². The Morgan fingerprint density at radius 3 is 2.40 bits per heavy atom.